The summed E-state index contributed by atoms with van der Waals surface area (Å²) in [6.07, 6.45) is 4.75. The van der Waals surface area contributed by atoms with Crippen molar-refractivity contribution in [3.05, 3.63) is 16.0 Å². The molecule has 1 amide bonds. The highest BCUT2D eigenvalue weighted by Crippen LogP contribution is 2.37. The number of anilines is 1. The number of hydrogen-bond donors (Lipinski definition) is 2. The van der Waals surface area contributed by atoms with Crippen molar-refractivity contribution in [3.63, 3.8) is 0 Å². The van der Waals surface area contributed by atoms with Crippen molar-refractivity contribution in [1.82, 2.24) is 9.80 Å². The first-order valence-electron chi connectivity index (χ1n) is 9.11. The Morgan fingerprint density at radius 1 is 1.16 bits per heavy atom. The van der Waals surface area contributed by atoms with E-state index >= 15 is 0 Å². The molecule has 0 unspecified atom stereocenters. The van der Waals surface area contributed by atoms with E-state index in [4.69, 9.17) is 5.11 Å². The molecular weight excluding hydrogens is 336 g/mol. The van der Waals surface area contributed by atoms with Crippen LogP contribution in [0.1, 0.15) is 35.3 Å². The van der Waals surface area contributed by atoms with Crippen LogP contribution < -0.4 is 5.32 Å². The van der Waals surface area contributed by atoms with Gasteiger partial charge in [-0.1, -0.05) is 0 Å². The fourth-order valence-corrected chi connectivity index (χ4v) is 4.85. The molecule has 7 heteroatoms. The zero-order chi connectivity index (χ0) is 17.6. The first-order valence-corrected chi connectivity index (χ1v) is 9.93. The molecule has 0 radical (unpaired) electrons. The maximum atomic E-state index is 12.3. The van der Waals surface area contributed by atoms with E-state index in [-0.39, 0.29) is 12.5 Å². The van der Waals surface area contributed by atoms with E-state index in [1.54, 1.807) is 11.3 Å². The number of amides is 1. The number of rotatable bonds is 6. The highest BCUT2D eigenvalue weighted by Gasteiger charge is 2.22. The minimum Gasteiger partial charge on any atom is -0.395 e. The number of aryl methyl sites for hydroxylation is 1. The van der Waals surface area contributed by atoms with Gasteiger partial charge in [-0.15, -0.1) is 11.3 Å². The van der Waals surface area contributed by atoms with Crippen LogP contribution in [0.3, 0.4) is 0 Å². The molecule has 0 saturated carbocycles. The lowest BCUT2D eigenvalue weighted by molar-refractivity contribution is -0.116. The summed E-state index contributed by atoms with van der Waals surface area (Å²) in [4.78, 5) is 18.1. The second-order valence-corrected chi connectivity index (χ2v) is 7.84. The number of carbonyl (C=O) groups excluding carboxylic acids is 1. The molecule has 25 heavy (non-hydrogen) atoms. The van der Waals surface area contributed by atoms with Crippen LogP contribution in [-0.2, 0) is 17.6 Å². The molecule has 3 rings (SSSR count). The van der Waals surface area contributed by atoms with Crippen molar-refractivity contribution in [1.29, 1.82) is 5.26 Å². The third-order valence-corrected chi connectivity index (χ3v) is 6.28. The van der Waals surface area contributed by atoms with Crippen LogP contribution in [-0.4, -0.2) is 66.7 Å². The number of thiophene rings is 1. The second-order valence-electron chi connectivity index (χ2n) is 6.73. The molecule has 1 fully saturated rings. The maximum absolute atomic E-state index is 12.3. The molecule has 2 N–H and O–H groups in total. The molecule has 2 heterocycles. The minimum absolute atomic E-state index is 0.00659. The highest BCUT2D eigenvalue weighted by molar-refractivity contribution is 7.16. The standard InChI is InChI=1S/C18H26N4O2S/c19-13-15-14-3-1-2-4-16(14)25-18(15)20-17(24)5-6-21-7-9-22(10-8-21)11-12-23/h23H,1-12H2,(H,20,24). The van der Waals surface area contributed by atoms with E-state index in [1.165, 1.54) is 11.3 Å². The van der Waals surface area contributed by atoms with Gasteiger partial charge in [0.05, 0.1) is 12.2 Å². The molecule has 1 saturated heterocycles. The molecule has 0 spiro atoms. The number of aliphatic hydroxyl groups is 1. The van der Waals surface area contributed by atoms with Crippen LogP contribution in [0.15, 0.2) is 0 Å². The zero-order valence-electron chi connectivity index (χ0n) is 14.6. The second kappa shape index (κ2) is 8.77. The molecule has 1 aromatic heterocycles. The zero-order valence-corrected chi connectivity index (χ0v) is 15.4. The molecule has 2 aliphatic rings. The Labute approximate surface area is 153 Å². The summed E-state index contributed by atoms with van der Waals surface area (Å²) in [6.45, 7) is 5.43. The predicted molar refractivity (Wildman–Crippen MR) is 98.9 cm³/mol. The molecule has 6 nitrogen and oxygen atoms in total. The van der Waals surface area contributed by atoms with Gasteiger partial charge in [0.1, 0.15) is 11.1 Å². The Hall–Kier alpha value is -1.46. The van der Waals surface area contributed by atoms with Gasteiger partial charge in [0.2, 0.25) is 5.91 Å². The largest absolute Gasteiger partial charge is 0.395 e. The third-order valence-electron chi connectivity index (χ3n) is 5.07. The summed E-state index contributed by atoms with van der Waals surface area (Å²) in [5.74, 6) is -0.00659. The summed E-state index contributed by atoms with van der Waals surface area (Å²) in [6, 6.07) is 2.29. The Morgan fingerprint density at radius 3 is 2.52 bits per heavy atom. The van der Waals surface area contributed by atoms with Gasteiger partial charge < -0.3 is 15.3 Å². The molecule has 136 valence electrons. The number of aliphatic hydroxyl groups excluding tert-OH is 1. The monoisotopic (exact) mass is 362 g/mol. The smallest absolute Gasteiger partial charge is 0.226 e. The normalized spacial score (nSPS) is 18.6. The van der Waals surface area contributed by atoms with E-state index < -0.39 is 0 Å². The van der Waals surface area contributed by atoms with Gasteiger partial charge in [-0.3, -0.25) is 9.69 Å². The molecule has 0 aromatic carbocycles. The van der Waals surface area contributed by atoms with E-state index in [1.807, 2.05) is 0 Å². The van der Waals surface area contributed by atoms with Crippen molar-refractivity contribution in [2.45, 2.75) is 32.1 Å². The van der Waals surface area contributed by atoms with Crippen molar-refractivity contribution < 1.29 is 9.90 Å². The molecule has 0 atom stereocenters. The fraction of sp³-hybridized carbons (Fsp3) is 0.667. The molecular formula is C18H26N4O2S. The number of piperazine rings is 1. The summed E-state index contributed by atoms with van der Waals surface area (Å²) >= 11 is 1.58. The quantitative estimate of drug-likeness (QED) is 0.800. The Kier molecular flexibility index (Phi) is 6.43. The molecule has 1 aliphatic carbocycles. The van der Waals surface area contributed by atoms with Gasteiger partial charge >= 0.3 is 0 Å². The molecule has 1 aliphatic heterocycles. The van der Waals surface area contributed by atoms with Crippen LogP contribution >= 0.6 is 11.3 Å². The summed E-state index contributed by atoms with van der Waals surface area (Å²) in [5.41, 5.74) is 1.85. The maximum Gasteiger partial charge on any atom is 0.226 e. The average molecular weight is 362 g/mol. The Balaban J connectivity index is 1.49. The van der Waals surface area contributed by atoms with Crippen LogP contribution in [0.2, 0.25) is 0 Å². The molecule has 0 bridgehead atoms. The van der Waals surface area contributed by atoms with Crippen molar-refractivity contribution in [2.24, 2.45) is 0 Å². The number of nitriles is 1. The van der Waals surface area contributed by atoms with Gasteiger partial charge in [-0.25, -0.2) is 0 Å². The number of hydrogen-bond acceptors (Lipinski definition) is 6. The number of carbonyl (C=O) groups is 1. The van der Waals surface area contributed by atoms with E-state index in [2.05, 4.69) is 21.2 Å². The van der Waals surface area contributed by atoms with Gasteiger partial charge in [0.15, 0.2) is 0 Å². The van der Waals surface area contributed by atoms with Gasteiger partial charge in [0.25, 0.3) is 0 Å². The van der Waals surface area contributed by atoms with Crippen molar-refractivity contribution >= 4 is 22.2 Å². The summed E-state index contributed by atoms with van der Waals surface area (Å²) in [7, 11) is 0. The number of nitrogens with one attached hydrogen (secondary N) is 1. The highest BCUT2D eigenvalue weighted by atomic mass is 32.1. The van der Waals surface area contributed by atoms with Crippen molar-refractivity contribution in [2.75, 3.05) is 51.2 Å². The van der Waals surface area contributed by atoms with Gasteiger partial charge in [-0.05, 0) is 31.2 Å². The lowest BCUT2D eigenvalue weighted by Crippen LogP contribution is -2.47. The van der Waals surface area contributed by atoms with E-state index in [0.29, 0.717) is 12.0 Å². The first kappa shape index (κ1) is 18.3. The van der Waals surface area contributed by atoms with Gasteiger partial charge in [-0.2, -0.15) is 5.26 Å². The fourth-order valence-electron chi connectivity index (χ4n) is 3.60. The lowest BCUT2D eigenvalue weighted by Gasteiger charge is -2.34. The topological polar surface area (TPSA) is 79.6 Å². The number of β-amino-alcohol motifs (C(OH)–C–C–N with tert-alkyl or cyclic N) is 1. The van der Waals surface area contributed by atoms with Crippen LogP contribution in [0.4, 0.5) is 5.00 Å². The van der Waals surface area contributed by atoms with E-state index in [9.17, 15) is 10.1 Å². The average Bonchev–Trinajstić information content (AvgIpc) is 2.98. The summed E-state index contributed by atoms with van der Waals surface area (Å²) < 4.78 is 0. The number of fused-ring (bicyclic) bond motifs is 1. The van der Waals surface area contributed by atoms with Crippen LogP contribution in [0, 0.1) is 11.3 Å². The predicted octanol–water partition coefficient (Wildman–Crippen LogP) is 1.44. The van der Waals surface area contributed by atoms with E-state index in [0.717, 1.165) is 69.1 Å². The third kappa shape index (κ3) is 4.59. The lowest BCUT2D eigenvalue weighted by atomic mass is 9.96. The Morgan fingerprint density at radius 2 is 1.84 bits per heavy atom. The minimum atomic E-state index is -0.00659. The number of nitrogens with zero attached hydrogens (tertiary/aromatic N) is 3. The van der Waals surface area contributed by atoms with Crippen molar-refractivity contribution in [3.8, 4) is 6.07 Å². The van der Waals surface area contributed by atoms with Crippen LogP contribution in [0.25, 0.3) is 0 Å². The van der Waals surface area contributed by atoms with Crippen LogP contribution in [0.5, 0.6) is 0 Å². The molecule has 1 aromatic rings. The van der Waals surface area contributed by atoms with Gasteiger partial charge in [0, 0.05) is 50.6 Å². The SMILES string of the molecule is N#Cc1c(NC(=O)CCN2CCN(CCO)CC2)sc2c1CCCC2. The summed E-state index contributed by atoms with van der Waals surface area (Å²) in [5, 5.41) is 22.1. The Bertz CT molecular complexity index is 644. The first-order chi connectivity index (χ1) is 12.2.